The van der Waals surface area contributed by atoms with E-state index in [0.717, 1.165) is 13.1 Å². The second-order valence-electron chi connectivity index (χ2n) is 5.18. The molecule has 0 aromatic heterocycles. The van der Waals surface area contributed by atoms with Crippen LogP contribution in [0.25, 0.3) is 0 Å². The normalized spacial score (nSPS) is 22.3. The summed E-state index contributed by atoms with van der Waals surface area (Å²) in [5.74, 6) is -0.0634. The van der Waals surface area contributed by atoms with Crippen LogP contribution in [-0.4, -0.2) is 40.5 Å². The van der Waals surface area contributed by atoms with Crippen LogP contribution in [0.4, 0.5) is 0 Å². The highest BCUT2D eigenvalue weighted by Gasteiger charge is 2.40. The lowest BCUT2D eigenvalue weighted by atomic mass is 9.82. The number of carbonyl (C=O) groups is 1. The Morgan fingerprint density at radius 3 is 2.00 bits per heavy atom. The van der Waals surface area contributed by atoms with Gasteiger partial charge in [0.25, 0.3) is 0 Å². The number of nitrogens with zero attached hydrogens (tertiary/aromatic N) is 1. The maximum atomic E-state index is 11.8. The Balaban J connectivity index is 2.58. The molecule has 0 atom stereocenters. The van der Waals surface area contributed by atoms with Crippen molar-refractivity contribution in [2.75, 3.05) is 13.1 Å². The summed E-state index contributed by atoms with van der Waals surface area (Å²) in [5, 5.41) is 10.2. The summed E-state index contributed by atoms with van der Waals surface area (Å²) in [4.78, 5) is 14.1. The highest BCUT2D eigenvalue weighted by molar-refractivity contribution is 5.88. The van der Waals surface area contributed by atoms with Crippen LogP contribution in [0.5, 0.6) is 0 Å². The van der Waals surface area contributed by atoms with Crippen LogP contribution in [0.1, 0.15) is 40.5 Å². The molecular formula is C12H23NO2. The van der Waals surface area contributed by atoms with Gasteiger partial charge < -0.3 is 10.0 Å². The van der Waals surface area contributed by atoms with Crippen LogP contribution < -0.4 is 0 Å². The van der Waals surface area contributed by atoms with E-state index in [1.54, 1.807) is 0 Å². The molecule has 0 unspecified atom stereocenters. The minimum absolute atomic E-state index is 0.00547. The SMILES string of the molecule is CC(C)C(=O)C1(O)CCN(C(C)C)CC1. The summed E-state index contributed by atoms with van der Waals surface area (Å²) in [6.07, 6.45) is 1.17. The summed E-state index contributed by atoms with van der Waals surface area (Å²) < 4.78 is 0. The van der Waals surface area contributed by atoms with Gasteiger partial charge in [-0.2, -0.15) is 0 Å². The van der Waals surface area contributed by atoms with E-state index in [4.69, 9.17) is 0 Å². The lowest BCUT2D eigenvalue weighted by molar-refractivity contribution is -0.146. The van der Waals surface area contributed by atoms with Crippen molar-refractivity contribution in [3.8, 4) is 0 Å². The molecule has 0 amide bonds. The van der Waals surface area contributed by atoms with E-state index in [1.165, 1.54) is 0 Å². The number of piperidine rings is 1. The first-order valence-electron chi connectivity index (χ1n) is 5.87. The number of hydrogen-bond donors (Lipinski definition) is 1. The van der Waals surface area contributed by atoms with Gasteiger partial charge in [-0.05, 0) is 26.7 Å². The third kappa shape index (κ3) is 2.79. The molecule has 1 saturated heterocycles. The van der Waals surface area contributed by atoms with Crippen molar-refractivity contribution >= 4 is 5.78 Å². The maximum absolute atomic E-state index is 11.8. The van der Waals surface area contributed by atoms with Crippen molar-refractivity contribution in [2.45, 2.75) is 52.2 Å². The molecule has 0 spiro atoms. The monoisotopic (exact) mass is 213 g/mol. The van der Waals surface area contributed by atoms with Gasteiger partial charge in [-0.25, -0.2) is 0 Å². The molecule has 0 saturated carbocycles. The predicted octanol–water partition coefficient (Wildman–Crippen LogP) is 1.45. The van der Waals surface area contributed by atoms with Gasteiger partial charge in [-0.3, -0.25) is 4.79 Å². The van der Waals surface area contributed by atoms with Crippen molar-refractivity contribution < 1.29 is 9.90 Å². The fraction of sp³-hybridized carbons (Fsp3) is 0.917. The number of aliphatic hydroxyl groups is 1. The van der Waals surface area contributed by atoms with Crippen molar-refractivity contribution in [1.82, 2.24) is 4.90 Å². The van der Waals surface area contributed by atoms with Crippen LogP contribution in [0.2, 0.25) is 0 Å². The van der Waals surface area contributed by atoms with Gasteiger partial charge >= 0.3 is 0 Å². The zero-order valence-corrected chi connectivity index (χ0v) is 10.3. The second kappa shape index (κ2) is 4.62. The minimum atomic E-state index is -1.06. The van der Waals surface area contributed by atoms with Crippen LogP contribution in [-0.2, 0) is 4.79 Å². The molecule has 0 radical (unpaired) electrons. The smallest absolute Gasteiger partial charge is 0.166 e. The topological polar surface area (TPSA) is 40.5 Å². The molecule has 0 bridgehead atoms. The molecule has 1 rings (SSSR count). The Labute approximate surface area is 92.5 Å². The Morgan fingerprint density at radius 1 is 1.20 bits per heavy atom. The third-order valence-corrected chi connectivity index (χ3v) is 3.34. The fourth-order valence-corrected chi connectivity index (χ4v) is 2.19. The van der Waals surface area contributed by atoms with Gasteiger partial charge in [-0.1, -0.05) is 13.8 Å². The van der Waals surface area contributed by atoms with E-state index in [0.29, 0.717) is 18.9 Å². The number of ketones is 1. The van der Waals surface area contributed by atoms with Gasteiger partial charge in [0.2, 0.25) is 0 Å². The average Bonchev–Trinajstić information content (AvgIpc) is 2.17. The van der Waals surface area contributed by atoms with Crippen molar-refractivity contribution in [3.63, 3.8) is 0 Å². The van der Waals surface area contributed by atoms with Crippen molar-refractivity contribution in [3.05, 3.63) is 0 Å². The number of likely N-dealkylation sites (tertiary alicyclic amines) is 1. The largest absolute Gasteiger partial charge is 0.382 e. The molecule has 0 aliphatic carbocycles. The Morgan fingerprint density at radius 2 is 1.67 bits per heavy atom. The molecule has 15 heavy (non-hydrogen) atoms. The fourth-order valence-electron chi connectivity index (χ4n) is 2.19. The molecular weight excluding hydrogens is 190 g/mol. The zero-order valence-electron chi connectivity index (χ0n) is 10.3. The van der Waals surface area contributed by atoms with Gasteiger partial charge in [0.05, 0.1) is 0 Å². The number of hydrogen-bond acceptors (Lipinski definition) is 3. The summed E-state index contributed by atoms with van der Waals surface area (Å²) in [6, 6.07) is 0.503. The van der Waals surface area contributed by atoms with Crippen molar-refractivity contribution in [1.29, 1.82) is 0 Å². The minimum Gasteiger partial charge on any atom is -0.382 e. The summed E-state index contributed by atoms with van der Waals surface area (Å²) in [7, 11) is 0. The average molecular weight is 213 g/mol. The Hall–Kier alpha value is -0.410. The van der Waals surface area contributed by atoms with Crippen LogP contribution in [0.3, 0.4) is 0 Å². The number of carbonyl (C=O) groups excluding carboxylic acids is 1. The summed E-state index contributed by atoms with van der Waals surface area (Å²) in [6.45, 7) is 9.66. The molecule has 3 heteroatoms. The number of rotatable bonds is 3. The van der Waals surface area contributed by atoms with Crippen molar-refractivity contribution in [2.24, 2.45) is 5.92 Å². The molecule has 0 aromatic carbocycles. The van der Waals surface area contributed by atoms with E-state index in [9.17, 15) is 9.90 Å². The van der Waals surface area contributed by atoms with E-state index in [1.807, 2.05) is 13.8 Å². The quantitative estimate of drug-likeness (QED) is 0.771. The predicted molar refractivity (Wildman–Crippen MR) is 60.7 cm³/mol. The van der Waals surface area contributed by atoms with Gasteiger partial charge in [-0.15, -0.1) is 0 Å². The molecule has 1 N–H and O–H groups in total. The molecule has 1 aliphatic rings. The summed E-state index contributed by atoms with van der Waals surface area (Å²) in [5.41, 5.74) is -1.06. The first-order chi connectivity index (χ1) is 6.87. The van der Waals surface area contributed by atoms with Crippen LogP contribution in [0, 0.1) is 5.92 Å². The molecule has 0 aromatic rings. The van der Waals surface area contributed by atoms with Crippen LogP contribution >= 0.6 is 0 Å². The Bertz CT molecular complexity index is 228. The lowest BCUT2D eigenvalue weighted by Crippen LogP contribution is -2.52. The van der Waals surface area contributed by atoms with E-state index < -0.39 is 5.60 Å². The first-order valence-corrected chi connectivity index (χ1v) is 5.87. The highest BCUT2D eigenvalue weighted by Crippen LogP contribution is 2.26. The van der Waals surface area contributed by atoms with E-state index in [2.05, 4.69) is 18.7 Å². The van der Waals surface area contributed by atoms with E-state index in [-0.39, 0.29) is 11.7 Å². The molecule has 88 valence electrons. The van der Waals surface area contributed by atoms with Gasteiger partial charge in [0.1, 0.15) is 5.60 Å². The standard InChI is InChI=1S/C12H23NO2/c1-9(2)11(14)12(15)5-7-13(8-6-12)10(3)4/h9-10,15H,5-8H2,1-4H3. The molecule has 1 aliphatic heterocycles. The molecule has 1 fully saturated rings. The molecule has 1 heterocycles. The van der Waals surface area contributed by atoms with E-state index >= 15 is 0 Å². The highest BCUT2D eigenvalue weighted by atomic mass is 16.3. The Kier molecular flexibility index (Phi) is 3.90. The zero-order chi connectivity index (χ0) is 11.6. The molecule has 3 nitrogen and oxygen atoms in total. The second-order valence-corrected chi connectivity index (χ2v) is 5.18. The number of Topliss-reactive ketones (excluding diaryl/α,β-unsaturated/α-hetero) is 1. The van der Waals surface area contributed by atoms with Gasteiger partial charge in [0, 0.05) is 25.0 Å². The maximum Gasteiger partial charge on any atom is 0.166 e. The first kappa shape index (κ1) is 12.7. The lowest BCUT2D eigenvalue weighted by Gasteiger charge is -2.39. The van der Waals surface area contributed by atoms with Gasteiger partial charge in [0.15, 0.2) is 5.78 Å². The summed E-state index contributed by atoms with van der Waals surface area (Å²) >= 11 is 0. The van der Waals surface area contributed by atoms with Crippen LogP contribution in [0.15, 0.2) is 0 Å². The third-order valence-electron chi connectivity index (χ3n) is 3.34.